The van der Waals surface area contributed by atoms with Crippen molar-refractivity contribution in [3.8, 4) is 5.75 Å². The molecule has 1 aromatic rings. The van der Waals surface area contributed by atoms with Crippen molar-refractivity contribution in [3.05, 3.63) is 29.3 Å². The number of ether oxygens (including phenoxy) is 2. The predicted octanol–water partition coefficient (Wildman–Crippen LogP) is 2.36. The lowest BCUT2D eigenvalue weighted by Crippen LogP contribution is -2.40. The van der Waals surface area contributed by atoms with Gasteiger partial charge in [0.05, 0.1) is 0 Å². The quantitative estimate of drug-likeness (QED) is 0.526. The third-order valence-electron chi connectivity index (χ3n) is 3.36. The van der Waals surface area contributed by atoms with Gasteiger partial charge in [0, 0.05) is 12.7 Å². The molecule has 1 heterocycles. The van der Waals surface area contributed by atoms with Crippen molar-refractivity contribution in [2.75, 3.05) is 7.11 Å². The van der Waals surface area contributed by atoms with E-state index in [-0.39, 0.29) is 17.1 Å². The Bertz CT molecular complexity index is 544. The smallest absolute Gasteiger partial charge is 0.175 e. The van der Waals surface area contributed by atoms with E-state index < -0.39 is 6.10 Å². The summed E-state index contributed by atoms with van der Waals surface area (Å²) in [6.45, 7) is 1.49. The van der Waals surface area contributed by atoms with Gasteiger partial charge in [-0.05, 0) is 43.5 Å². The molecular formula is C14H16ClNO4. The SMILES string of the molecule is COC(C(C)=O)[C@H]1CCc2cc(/C(Cl)=N/O)ccc2O1. The fraction of sp³-hybridized carbons (Fsp3) is 0.429. The molecule has 108 valence electrons. The van der Waals surface area contributed by atoms with Crippen LogP contribution in [0, 0.1) is 0 Å². The second-order valence-corrected chi connectivity index (χ2v) is 5.03. The summed E-state index contributed by atoms with van der Waals surface area (Å²) >= 11 is 5.77. The molecular weight excluding hydrogens is 282 g/mol. The average molecular weight is 298 g/mol. The van der Waals surface area contributed by atoms with E-state index in [4.69, 9.17) is 26.3 Å². The molecule has 0 radical (unpaired) electrons. The summed E-state index contributed by atoms with van der Waals surface area (Å²) in [5, 5.41) is 11.7. The molecule has 0 aromatic heterocycles. The minimum atomic E-state index is -0.551. The number of methoxy groups -OCH3 is 1. The van der Waals surface area contributed by atoms with Crippen molar-refractivity contribution in [2.45, 2.75) is 32.0 Å². The van der Waals surface area contributed by atoms with Crippen LogP contribution >= 0.6 is 11.6 Å². The van der Waals surface area contributed by atoms with Crippen molar-refractivity contribution in [1.29, 1.82) is 0 Å². The van der Waals surface area contributed by atoms with Gasteiger partial charge in [-0.25, -0.2) is 0 Å². The first-order valence-corrected chi connectivity index (χ1v) is 6.65. The van der Waals surface area contributed by atoms with Gasteiger partial charge in [0.2, 0.25) is 0 Å². The van der Waals surface area contributed by atoms with E-state index in [0.717, 1.165) is 12.0 Å². The van der Waals surface area contributed by atoms with Crippen LogP contribution in [0.25, 0.3) is 0 Å². The van der Waals surface area contributed by atoms with Crippen molar-refractivity contribution >= 4 is 22.6 Å². The van der Waals surface area contributed by atoms with Crippen LogP contribution in [0.3, 0.4) is 0 Å². The number of carbonyl (C=O) groups excluding carboxylic acids is 1. The van der Waals surface area contributed by atoms with E-state index in [0.29, 0.717) is 17.7 Å². The van der Waals surface area contributed by atoms with Gasteiger partial charge in [-0.2, -0.15) is 0 Å². The average Bonchev–Trinajstić information content (AvgIpc) is 2.46. The highest BCUT2D eigenvalue weighted by atomic mass is 35.5. The highest BCUT2D eigenvalue weighted by Gasteiger charge is 2.31. The van der Waals surface area contributed by atoms with E-state index in [1.807, 2.05) is 6.07 Å². The van der Waals surface area contributed by atoms with Crippen LogP contribution in [-0.4, -0.2) is 35.5 Å². The zero-order valence-corrected chi connectivity index (χ0v) is 12.1. The van der Waals surface area contributed by atoms with Crippen LogP contribution in [0.4, 0.5) is 0 Å². The number of nitrogens with zero attached hydrogens (tertiary/aromatic N) is 1. The summed E-state index contributed by atoms with van der Waals surface area (Å²) in [4.78, 5) is 11.5. The van der Waals surface area contributed by atoms with Gasteiger partial charge >= 0.3 is 0 Å². The molecule has 2 atom stereocenters. The van der Waals surface area contributed by atoms with Crippen LogP contribution < -0.4 is 4.74 Å². The molecule has 5 nitrogen and oxygen atoms in total. The number of hydrogen-bond acceptors (Lipinski definition) is 5. The summed E-state index contributed by atoms with van der Waals surface area (Å²) in [5.41, 5.74) is 1.60. The van der Waals surface area contributed by atoms with Gasteiger partial charge in [0.1, 0.15) is 11.9 Å². The first-order valence-electron chi connectivity index (χ1n) is 6.27. The standard InChI is InChI=1S/C14H16ClNO4/c1-8(17)13(19-2)12-6-3-9-7-10(14(15)16-18)4-5-11(9)20-12/h4-5,7,12-13,18H,3,6H2,1-2H3/b16-14-/t12-,13?/m1/s1. The van der Waals surface area contributed by atoms with E-state index in [1.54, 1.807) is 12.1 Å². The second kappa shape index (κ2) is 6.24. The summed E-state index contributed by atoms with van der Waals surface area (Å²) < 4.78 is 11.0. The minimum Gasteiger partial charge on any atom is -0.487 e. The van der Waals surface area contributed by atoms with Crippen molar-refractivity contribution in [1.82, 2.24) is 0 Å². The monoisotopic (exact) mass is 297 g/mol. The molecule has 1 aliphatic heterocycles. The number of ketones is 1. The fourth-order valence-corrected chi connectivity index (χ4v) is 2.51. The first-order chi connectivity index (χ1) is 9.56. The molecule has 0 spiro atoms. The van der Waals surface area contributed by atoms with E-state index in [9.17, 15) is 4.79 Å². The fourth-order valence-electron chi connectivity index (χ4n) is 2.39. The molecule has 1 aromatic carbocycles. The molecule has 2 rings (SSSR count). The summed E-state index contributed by atoms with van der Waals surface area (Å²) in [5.74, 6) is 0.656. The lowest BCUT2D eigenvalue weighted by atomic mass is 9.96. The number of hydrogen-bond donors (Lipinski definition) is 1. The lowest BCUT2D eigenvalue weighted by molar-refractivity contribution is -0.132. The van der Waals surface area contributed by atoms with Gasteiger partial charge in [0.25, 0.3) is 0 Å². The topological polar surface area (TPSA) is 68.1 Å². The van der Waals surface area contributed by atoms with Gasteiger partial charge in [-0.15, -0.1) is 0 Å². The molecule has 1 N–H and O–H groups in total. The normalized spacial score (nSPS) is 19.9. The number of fused-ring (bicyclic) bond motifs is 1. The number of benzene rings is 1. The third-order valence-corrected chi connectivity index (χ3v) is 3.65. The number of rotatable bonds is 4. The van der Waals surface area contributed by atoms with E-state index in [2.05, 4.69) is 5.16 Å². The van der Waals surface area contributed by atoms with Gasteiger partial charge in [0.15, 0.2) is 17.1 Å². The Kier molecular flexibility index (Phi) is 4.62. The number of carbonyl (C=O) groups is 1. The zero-order chi connectivity index (χ0) is 14.7. The zero-order valence-electron chi connectivity index (χ0n) is 11.3. The maximum atomic E-state index is 11.5. The van der Waals surface area contributed by atoms with Gasteiger partial charge in [-0.1, -0.05) is 16.8 Å². The van der Waals surface area contributed by atoms with Crippen LogP contribution in [0.15, 0.2) is 23.4 Å². The van der Waals surface area contributed by atoms with Gasteiger partial charge < -0.3 is 14.7 Å². The Labute approximate surface area is 122 Å². The highest BCUT2D eigenvalue weighted by molar-refractivity contribution is 6.69. The van der Waals surface area contributed by atoms with Crippen LogP contribution in [0.1, 0.15) is 24.5 Å². The predicted molar refractivity (Wildman–Crippen MR) is 74.8 cm³/mol. The number of oxime groups is 1. The molecule has 0 bridgehead atoms. The molecule has 0 saturated heterocycles. The molecule has 0 amide bonds. The van der Waals surface area contributed by atoms with Gasteiger partial charge in [-0.3, -0.25) is 4.79 Å². The Hall–Kier alpha value is -1.59. The highest BCUT2D eigenvalue weighted by Crippen LogP contribution is 2.30. The molecule has 20 heavy (non-hydrogen) atoms. The molecule has 0 aliphatic carbocycles. The van der Waals surface area contributed by atoms with Crippen LogP contribution in [-0.2, 0) is 16.0 Å². The third kappa shape index (κ3) is 2.94. The van der Waals surface area contributed by atoms with Crippen molar-refractivity contribution in [2.24, 2.45) is 5.16 Å². The second-order valence-electron chi connectivity index (χ2n) is 4.68. The van der Waals surface area contributed by atoms with Crippen molar-refractivity contribution < 1.29 is 19.5 Å². The Morgan fingerprint density at radius 2 is 2.35 bits per heavy atom. The van der Waals surface area contributed by atoms with E-state index in [1.165, 1.54) is 14.0 Å². The maximum Gasteiger partial charge on any atom is 0.175 e. The first kappa shape index (κ1) is 14.8. The summed E-state index contributed by atoms with van der Waals surface area (Å²) in [6.07, 6.45) is 0.599. The maximum absolute atomic E-state index is 11.5. The van der Waals surface area contributed by atoms with Crippen LogP contribution in [0.5, 0.6) is 5.75 Å². The number of halogens is 1. The molecule has 0 saturated carbocycles. The van der Waals surface area contributed by atoms with Crippen LogP contribution in [0.2, 0.25) is 0 Å². The molecule has 6 heteroatoms. The Balaban J connectivity index is 2.21. The summed E-state index contributed by atoms with van der Waals surface area (Å²) in [6, 6.07) is 5.29. The lowest BCUT2D eigenvalue weighted by Gasteiger charge is -2.30. The molecule has 1 unspecified atom stereocenters. The van der Waals surface area contributed by atoms with Crippen molar-refractivity contribution in [3.63, 3.8) is 0 Å². The number of Topliss-reactive ketones (excluding diaryl/α,β-unsaturated/α-hetero) is 1. The molecule has 0 fully saturated rings. The Morgan fingerprint density at radius 1 is 1.60 bits per heavy atom. The van der Waals surface area contributed by atoms with E-state index >= 15 is 0 Å². The minimum absolute atomic E-state index is 0.0356. The summed E-state index contributed by atoms with van der Waals surface area (Å²) in [7, 11) is 1.51. The molecule has 1 aliphatic rings. The Morgan fingerprint density at radius 3 is 2.95 bits per heavy atom. The number of aryl methyl sites for hydroxylation is 1. The largest absolute Gasteiger partial charge is 0.487 e.